The molecule has 12 aromatic rings. The van der Waals surface area contributed by atoms with E-state index in [0.29, 0.717) is 39.2 Å². The van der Waals surface area contributed by atoms with Crippen LogP contribution in [-0.4, -0.2) is 9.13 Å². The molecule has 12 rings (SSSR count). The summed E-state index contributed by atoms with van der Waals surface area (Å²) in [6, 6.07) is 66.6. The lowest BCUT2D eigenvalue weighted by molar-refractivity contribution is -0.137. The van der Waals surface area contributed by atoms with Gasteiger partial charge in [0, 0.05) is 38.2 Å². The minimum Gasteiger partial charge on any atom is -0.308 e. The van der Waals surface area contributed by atoms with E-state index in [2.05, 4.69) is 137 Å². The van der Waals surface area contributed by atoms with Crippen molar-refractivity contribution in [2.45, 2.75) is 20.0 Å². The van der Waals surface area contributed by atoms with E-state index < -0.39 is 11.7 Å². The average Bonchev–Trinajstić information content (AvgIpc) is 3.87. The van der Waals surface area contributed by atoms with Gasteiger partial charge in [-0.3, -0.25) is 0 Å². The molecule has 10 aromatic carbocycles. The number of halogens is 3. The zero-order chi connectivity index (χ0) is 44.8. The molecule has 0 spiro atoms. The number of para-hydroxylation sites is 2. The van der Waals surface area contributed by atoms with Gasteiger partial charge < -0.3 is 9.13 Å². The van der Waals surface area contributed by atoms with Crippen molar-refractivity contribution in [3.8, 4) is 50.8 Å². The Bertz CT molecular complexity index is 3750. The van der Waals surface area contributed by atoms with E-state index in [-0.39, 0.29) is 0 Å². The summed E-state index contributed by atoms with van der Waals surface area (Å²) in [6.45, 7) is 4.07. The van der Waals surface area contributed by atoms with Gasteiger partial charge in [-0.25, -0.2) is 0 Å². The quantitative estimate of drug-likeness (QED) is 0.170. The monoisotopic (exact) mass is 857 g/mol. The second-order valence-corrected chi connectivity index (χ2v) is 17.2. The Balaban J connectivity index is 1.41. The van der Waals surface area contributed by atoms with Gasteiger partial charge in [0.2, 0.25) is 0 Å². The smallest absolute Gasteiger partial charge is 0.308 e. The summed E-state index contributed by atoms with van der Waals surface area (Å²) in [5.74, 6) is 0. The Kier molecular flexibility index (Phi) is 8.81. The Morgan fingerprint density at radius 3 is 1.20 bits per heavy atom. The highest BCUT2D eigenvalue weighted by molar-refractivity contribution is 6.24. The third kappa shape index (κ3) is 5.90. The van der Waals surface area contributed by atoms with Crippen LogP contribution in [0.25, 0.3) is 110 Å². The standard InChI is InChI=1S/C60H38F3N3/c1-36-19-23-40(24-20-36)53-48(35-64)54(41-25-21-37(2)22-26-41)59(66-50-18-10-8-16-47(50)57-45-14-6-4-12-39(45)30-34-52(57)66)55(42-27-31-43(32-28-42)60(61,62)63)58(53)65-49-17-9-7-15-46(49)56-44-13-5-3-11-38(44)29-33-51(56)65/h3-34H,1-2H3. The fourth-order valence-corrected chi connectivity index (χ4v) is 10.3. The zero-order valence-corrected chi connectivity index (χ0v) is 36.0. The summed E-state index contributed by atoms with van der Waals surface area (Å²) in [7, 11) is 0. The van der Waals surface area contributed by atoms with Crippen molar-refractivity contribution in [1.82, 2.24) is 9.13 Å². The first kappa shape index (κ1) is 39.2. The van der Waals surface area contributed by atoms with Gasteiger partial charge in [-0.2, -0.15) is 18.4 Å². The predicted octanol–water partition coefficient (Wildman–Crippen LogP) is 16.7. The third-order valence-corrected chi connectivity index (χ3v) is 13.3. The van der Waals surface area contributed by atoms with Crippen molar-refractivity contribution in [2.75, 3.05) is 0 Å². The second kappa shape index (κ2) is 14.8. The van der Waals surface area contributed by atoms with Crippen LogP contribution in [0.3, 0.4) is 0 Å². The van der Waals surface area contributed by atoms with Crippen LogP contribution in [0.5, 0.6) is 0 Å². The van der Waals surface area contributed by atoms with Crippen molar-refractivity contribution in [3.05, 3.63) is 216 Å². The SMILES string of the molecule is Cc1ccc(-c2c(C#N)c(-c3ccc(C)cc3)c(-n3c4ccccc4c4c5ccccc5ccc43)c(-c3ccc(C(F)(F)F)cc3)c2-n2c3ccccc3c3c4ccccc4ccc32)cc1. The molecule has 0 aliphatic rings. The first-order valence-corrected chi connectivity index (χ1v) is 22.0. The Morgan fingerprint density at radius 1 is 0.394 bits per heavy atom. The van der Waals surface area contributed by atoms with Gasteiger partial charge in [0.1, 0.15) is 6.07 Å². The number of rotatable bonds is 5. The largest absolute Gasteiger partial charge is 0.416 e. The zero-order valence-electron chi connectivity index (χ0n) is 36.0. The maximum Gasteiger partial charge on any atom is 0.416 e. The summed E-state index contributed by atoms with van der Waals surface area (Å²) < 4.78 is 48.2. The van der Waals surface area contributed by atoms with Crippen molar-refractivity contribution < 1.29 is 13.2 Å². The first-order valence-electron chi connectivity index (χ1n) is 22.0. The molecule has 3 nitrogen and oxygen atoms in total. The number of benzene rings is 10. The molecular formula is C60H38F3N3. The molecule has 2 heterocycles. The average molecular weight is 858 g/mol. The highest BCUT2D eigenvalue weighted by Crippen LogP contribution is 2.53. The number of hydrogen-bond acceptors (Lipinski definition) is 1. The van der Waals surface area contributed by atoms with Gasteiger partial charge in [-0.1, -0.05) is 169 Å². The van der Waals surface area contributed by atoms with E-state index in [1.54, 1.807) is 12.1 Å². The topological polar surface area (TPSA) is 33.6 Å². The van der Waals surface area contributed by atoms with Crippen LogP contribution >= 0.6 is 0 Å². The van der Waals surface area contributed by atoms with Crippen LogP contribution in [0, 0.1) is 25.2 Å². The molecule has 0 N–H and O–H groups in total. The van der Waals surface area contributed by atoms with Crippen molar-refractivity contribution in [2.24, 2.45) is 0 Å². The minimum absolute atomic E-state index is 0.446. The molecule has 0 fully saturated rings. The minimum atomic E-state index is -4.56. The van der Waals surface area contributed by atoms with E-state index in [1.165, 1.54) is 12.1 Å². The third-order valence-electron chi connectivity index (χ3n) is 13.3. The van der Waals surface area contributed by atoms with Crippen molar-refractivity contribution in [3.63, 3.8) is 0 Å². The van der Waals surface area contributed by atoms with Gasteiger partial charge in [0.15, 0.2) is 0 Å². The van der Waals surface area contributed by atoms with E-state index in [0.717, 1.165) is 87.4 Å². The Labute approximate surface area is 378 Å². The summed E-state index contributed by atoms with van der Waals surface area (Å²) in [5.41, 5.74) is 11.0. The second-order valence-electron chi connectivity index (χ2n) is 17.2. The fourth-order valence-electron chi connectivity index (χ4n) is 10.3. The Hall–Kier alpha value is -8.40. The number of nitrogens with zero attached hydrogens (tertiary/aromatic N) is 3. The molecule has 314 valence electrons. The number of aromatic nitrogens is 2. The van der Waals surface area contributed by atoms with Crippen LogP contribution in [0.2, 0.25) is 0 Å². The summed E-state index contributed by atoms with van der Waals surface area (Å²) in [4.78, 5) is 0. The molecule has 6 heteroatoms. The van der Waals surface area contributed by atoms with Gasteiger partial charge in [0.25, 0.3) is 0 Å². The van der Waals surface area contributed by atoms with Crippen LogP contribution in [0.15, 0.2) is 194 Å². The number of hydrogen-bond donors (Lipinski definition) is 0. The van der Waals surface area contributed by atoms with Crippen molar-refractivity contribution >= 4 is 65.2 Å². The van der Waals surface area contributed by atoms with E-state index in [4.69, 9.17) is 0 Å². The molecule has 2 aromatic heterocycles. The summed E-state index contributed by atoms with van der Waals surface area (Å²) in [5, 5.41) is 20.4. The van der Waals surface area contributed by atoms with Gasteiger partial charge in [-0.05, 0) is 88.5 Å². The number of nitriles is 1. The molecule has 0 saturated heterocycles. The maximum atomic E-state index is 14.6. The molecule has 0 atom stereocenters. The van der Waals surface area contributed by atoms with E-state index in [1.807, 2.05) is 62.4 Å². The Morgan fingerprint density at radius 2 is 0.773 bits per heavy atom. The normalized spacial score (nSPS) is 12.0. The number of alkyl halides is 3. The summed E-state index contributed by atoms with van der Waals surface area (Å²) in [6.07, 6.45) is -4.56. The molecule has 0 bridgehead atoms. The lowest BCUT2D eigenvalue weighted by Crippen LogP contribution is -2.11. The maximum absolute atomic E-state index is 14.6. The highest BCUT2D eigenvalue weighted by Gasteiger charge is 2.34. The highest BCUT2D eigenvalue weighted by atomic mass is 19.4. The molecular weight excluding hydrogens is 820 g/mol. The lowest BCUT2D eigenvalue weighted by atomic mass is 9.83. The summed E-state index contributed by atoms with van der Waals surface area (Å²) >= 11 is 0. The van der Waals surface area contributed by atoms with E-state index >= 15 is 0 Å². The van der Waals surface area contributed by atoms with Gasteiger partial charge in [0.05, 0.1) is 44.6 Å². The molecule has 0 amide bonds. The lowest BCUT2D eigenvalue weighted by Gasteiger charge is -2.28. The molecule has 0 saturated carbocycles. The van der Waals surface area contributed by atoms with Crippen LogP contribution in [0.1, 0.15) is 22.3 Å². The van der Waals surface area contributed by atoms with Crippen LogP contribution in [0.4, 0.5) is 13.2 Å². The molecule has 0 unspecified atom stereocenters. The number of fused-ring (bicyclic) bond motifs is 10. The van der Waals surface area contributed by atoms with Crippen LogP contribution < -0.4 is 0 Å². The molecule has 0 aliphatic heterocycles. The fraction of sp³-hybridized carbons (Fsp3) is 0.0500. The molecule has 66 heavy (non-hydrogen) atoms. The first-order chi connectivity index (χ1) is 32.2. The van der Waals surface area contributed by atoms with Crippen molar-refractivity contribution in [1.29, 1.82) is 5.26 Å². The van der Waals surface area contributed by atoms with E-state index in [9.17, 15) is 18.4 Å². The number of aryl methyl sites for hydroxylation is 2. The molecule has 0 radical (unpaired) electrons. The van der Waals surface area contributed by atoms with Gasteiger partial charge >= 0.3 is 6.18 Å². The molecule has 0 aliphatic carbocycles. The van der Waals surface area contributed by atoms with Gasteiger partial charge in [-0.15, -0.1) is 0 Å². The van der Waals surface area contributed by atoms with Crippen LogP contribution in [-0.2, 0) is 6.18 Å². The predicted molar refractivity (Wildman–Crippen MR) is 266 cm³/mol.